The summed E-state index contributed by atoms with van der Waals surface area (Å²) in [6.45, 7) is 2.72. The average Bonchev–Trinajstić information content (AvgIpc) is 2.99. The zero-order chi connectivity index (χ0) is 21.0. The van der Waals surface area contributed by atoms with Gasteiger partial charge in [0.1, 0.15) is 6.10 Å². The molecule has 1 aromatic rings. The maximum Gasteiger partial charge on any atom is 0.414 e. The number of carbonyl (C=O) groups is 2. The third kappa shape index (κ3) is 3.24. The molecule has 10 heteroatoms. The second-order valence-electron chi connectivity index (χ2n) is 7.87. The first-order chi connectivity index (χ1) is 13.7. The van der Waals surface area contributed by atoms with E-state index in [1.807, 2.05) is 12.1 Å². The lowest BCUT2D eigenvalue weighted by Crippen LogP contribution is -2.34. The summed E-state index contributed by atoms with van der Waals surface area (Å²) in [6.07, 6.45) is 0.297. The zero-order valence-corrected chi connectivity index (χ0v) is 17.0. The van der Waals surface area contributed by atoms with Gasteiger partial charge in [-0.1, -0.05) is 12.1 Å². The molecule has 4 atom stereocenters. The van der Waals surface area contributed by atoms with Crippen LogP contribution in [0.2, 0.25) is 0 Å². The van der Waals surface area contributed by atoms with Gasteiger partial charge in [0.15, 0.2) is 0 Å². The number of piperidine rings is 1. The van der Waals surface area contributed by atoms with Gasteiger partial charge >= 0.3 is 6.09 Å². The number of carbonyl (C=O) groups excluding carboxylic acids is 2. The van der Waals surface area contributed by atoms with E-state index in [0.29, 0.717) is 25.3 Å². The fraction of sp³-hybridized carbons (Fsp3) is 0.526. The molecule has 3 aliphatic rings. The summed E-state index contributed by atoms with van der Waals surface area (Å²) in [5.74, 6) is -0.200. The van der Waals surface area contributed by atoms with Crippen molar-refractivity contribution < 1.29 is 22.7 Å². The number of hydrogen-bond donors (Lipinski definition) is 1. The third-order valence-corrected chi connectivity index (χ3v) is 7.35. The number of nitriles is 1. The van der Waals surface area contributed by atoms with Crippen LogP contribution in [0.15, 0.2) is 24.3 Å². The van der Waals surface area contributed by atoms with Crippen LogP contribution in [0.4, 0.5) is 10.5 Å². The SMILES string of the molecule is CC(=O)NC[C@H]1CN(c2ccc(C3(C#N)[C@@H]4CN(S(C)(=O)=O)C[C@@H]43)cc2)C(=O)O1. The van der Waals surface area contributed by atoms with Crippen LogP contribution >= 0.6 is 0 Å². The van der Waals surface area contributed by atoms with Crippen LogP contribution in [0.25, 0.3) is 0 Å². The first-order valence-electron chi connectivity index (χ1n) is 9.36. The molecule has 0 radical (unpaired) electrons. The summed E-state index contributed by atoms with van der Waals surface area (Å²) < 4.78 is 30.2. The van der Waals surface area contributed by atoms with Gasteiger partial charge in [-0.2, -0.15) is 5.26 Å². The van der Waals surface area contributed by atoms with E-state index in [1.165, 1.54) is 22.4 Å². The molecule has 154 valence electrons. The lowest BCUT2D eigenvalue weighted by Gasteiger charge is -2.21. The van der Waals surface area contributed by atoms with Crippen molar-refractivity contribution in [1.82, 2.24) is 9.62 Å². The highest BCUT2D eigenvalue weighted by Crippen LogP contribution is 2.63. The van der Waals surface area contributed by atoms with Gasteiger partial charge in [0, 0.05) is 37.5 Å². The van der Waals surface area contributed by atoms with Crippen LogP contribution < -0.4 is 10.2 Å². The van der Waals surface area contributed by atoms with E-state index in [0.717, 1.165) is 5.56 Å². The standard InChI is InChI=1S/C19H22N4O5S/c1-12(24)21-7-15-8-23(18(25)28-15)14-5-3-13(4-6-14)19(11-20)16-9-22(10-17(16)19)29(2,26)27/h3-6,15-17H,7-10H2,1-2H3,(H,21,24)/t15-,16-,17+,19?/m0/s1. The molecule has 1 aliphatic carbocycles. The van der Waals surface area contributed by atoms with Gasteiger partial charge in [-0.25, -0.2) is 17.5 Å². The number of cyclic esters (lactones) is 1. The maximum absolute atomic E-state index is 12.1. The topological polar surface area (TPSA) is 120 Å². The molecule has 1 aromatic carbocycles. The number of fused-ring (bicyclic) bond motifs is 1. The Kier molecular flexibility index (Phi) is 4.55. The van der Waals surface area contributed by atoms with Crippen LogP contribution in [-0.4, -0.2) is 63.3 Å². The number of ether oxygens (including phenoxy) is 1. The highest BCUT2D eigenvalue weighted by Gasteiger charge is 2.70. The molecule has 1 N–H and O–H groups in total. The number of anilines is 1. The fourth-order valence-corrected chi connectivity index (χ4v) is 5.40. The molecule has 2 aliphatic heterocycles. The Balaban J connectivity index is 1.46. The van der Waals surface area contributed by atoms with Crippen LogP contribution in [0.1, 0.15) is 12.5 Å². The first-order valence-corrected chi connectivity index (χ1v) is 11.2. The number of benzene rings is 1. The van der Waals surface area contributed by atoms with Gasteiger partial charge in [-0.15, -0.1) is 0 Å². The average molecular weight is 418 g/mol. The summed E-state index contributed by atoms with van der Waals surface area (Å²) in [5.41, 5.74) is 0.828. The monoisotopic (exact) mass is 418 g/mol. The Morgan fingerprint density at radius 1 is 1.28 bits per heavy atom. The number of nitrogens with zero attached hydrogens (tertiary/aromatic N) is 3. The quantitative estimate of drug-likeness (QED) is 0.741. The maximum atomic E-state index is 12.1. The van der Waals surface area contributed by atoms with Gasteiger partial charge < -0.3 is 10.1 Å². The molecule has 1 unspecified atom stereocenters. The van der Waals surface area contributed by atoms with Crippen LogP contribution in [0.3, 0.4) is 0 Å². The minimum Gasteiger partial charge on any atom is -0.442 e. The lowest BCUT2D eigenvalue weighted by molar-refractivity contribution is -0.119. The summed E-state index contributed by atoms with van der Waals surface area (Å²) in [5, 5.41) is 12.5. The van der Waals surface area contributed by atoms with Crippen molar-refractivity contribution in [1.29, 1.82) is 5.26 Å². The minimum atomic E-state index is -3.25. The van der Waals surface area contributed by atoms with Gasteiger partial charge in [-0.3, -0.25) is 9.69 Å². The molecule has 4 rings (SSSR count). The number of hydrogen-bond acceptors (Lipinski definition) is 6. The molecule has 0 spiro atoms. The molecule has 2 heterocycles. The lowest BCUT2D eigenvalue weighted by atomic mass is 9.92. The molecule has 0 bridgehead atoms. The number of amides is 2. The molecule has 0 aromatic heterocycles. The van der Waals surface area contributed by atoms with Crippen LogP contribution in [0.5, 0.6) is 0 Å². The van der Waals surface area contributed by atoms with Gasteiger partial charge in [-0.05, 0) is 17.7 Å². The summed E-state index contributed by atoms with van der Waals surface area (Å²) in [6, 6.07) is 9.62. The molecule has 9 nitrogen and oxygen atoms in total. The second kappa shape index (κ2) is 6.71. The van der Waals surface area contributed by atoms with E-state index < -0.39 is 27.6 Å². The Bertz CT molecular complexity index is 988. The van der Waals surface area contributed by atoms with Gasteiger partial charge in [0.25, 0.3) is 0 Å². The molecule has 3 fully saturated rings. The summed E-state index contributed by atoms with van der Waals surface area (Å²) in [4.78, 5) is 24.7. The van der Waals surface area contributed by atoms with E-state index >= 15 is 0 Å². The van der Waals surface area contributed by atoms with Crippen molar-refractivity contribution in [3.8, 4) is 6.07 Å². The van der Waals surface area contributed by atoms with Crippen molar-refractivity contribution in [2.24, 2.45) is 11.8 Å². The van der Waals surface area contributed by atoms with E-state index in [2.05, 4.69) is 11.4 Å². The summed E-state index contributed by atoms with van der Waals surface area (Å²) in [7, 11) is -3.25. The predicted octanol–water partition coefficient (Wildman–Crippen LogP) is 0.430. The number of nitrogens with one attached hydrogen (secondary N) is 1. The van der Waals surface area contributed by atoms with Crippen molar-refractivity contribution in [2.75, 3.05) is 37.3 Å². The Hall–Kier alpha value is -2.64. The highest BCUT2D eigenvalue weighted by atomic mass is 32.2. The smallest absolute Gasteiger partial charge is 0.414 e. The molecule has 2 amide bonds. The molecule has 29 heavy (non-hydrogen) atoms. The van der Waals surface area contributed by atoms with Gasteiger partial charge in [0.05, 0.1) is 30.8 Å². The van der Waals surface area contributed by atoms with Crippen molar-refractivity contribution in [3.63, 3.8) is 0 Å². The molecular weight excluding hydrogens is 396 g/mol. The largest absolute Gasteiger partial charge is 0.442 e. The Labute approximate surface area is 169 Å². The fourth-order valence-electron chi connectivity index (χ4n) is 4.54. The molecule has 1 saturated carbocycles. The van der Waals surface area contributed by atoms with Crippen LogP contribution in [0, 0.1) is 23.2 Å². The normalized spacial score (nSPS) is 31.1. The van der Waals surface area contributed by atoms with Crippen molar-refractivity contribution in [3.05, 3.63) is 29.8 Å². The summed E-state index contributed by atoms with van der Waals surface area (Å²) >= 11 is 0. The Morgan fingerprint density at radius 2 is 1.90 bits per heavy atom. The van der Waals surface area contributed by atoms with Crippen molar-refractivity contribution in [2.45, 2.75) is 18.4 Å². The first kappa shape index (κ1) is 19.7. The third-order valence-electron chi connectivity index (χ3n) is 6.11. The highest BCUT2D eigenvalue weighted by molar-refractivity contribution is 7.88. The second-order valence-corrected chi connectivity index (χ2v) is 9.86. The van der Waals surface area contributed by atoms with E-state index in [4.69, 9.17) is 4.74 Å². The predicted molar refractivity (Wildman–Crippen MR) is 103 cm³/mol. The van der Waals surface area contributed by atoms with Gasteiger partial charge in [0.2, 0.25) is 15.9 Å². The minimum absolute atomic E-state index is 0.00753. The Morgan fingerprint density at radius 3 is 2.41 bits per heavy atom. The number of rotatable bonds is 5. The zero-order valence-electron chi connectivity index (χ0n) is 16.2. The molecular formula is C19H22N4O5S. The van der Waals surface area contributed by atoms with Crippen LogP contribution in [-0.2, 0) is 25.0 Å². The van der Waals surface area contributed by atoms with E-state index in [1.54, 1.807) is 12.1 Å². The number of sulfonamides is 1. The van der Waals surface area contributed by atoms with Crippen molar-refractivity contribution >= 4 is 27.7 Å². The molecule has 2 saturated heterocycles. The van der Waals surface area contributed by atoms with E-state index in [-0.39, 0.29) is 24.3 Å². The van der Waals surface area contributed by atoms with E-state index in [9.17, 15) is 23.3 Å².